The molecule has 0 unspecified atom stereocenters. The third-order valence-electron chi connectivity index (χ3n) is 3.95. The molecule has 3 nitrogen and oxygen atoms in total. The molecule has 0 aliphatic heterocycles. The van der Waals surface area contributed by atoms with E-state index >= 15 is 0 Å². The van der Waals surface area contributed by atoms with E-state index in [4.69, 9.17) is 9.47 Å². The number of hydrogen-bond donors (Lipinski definition) is 1. The molecule has 0 saturated carbocycles. The van der Waals surface area contributed by atoms with Crippen LogP contribution in [0.2, 0.25) is 0 Å². The number of ether oxygens (including phenoxy) is 2. The Morgan fingerprint density at radius 2 is 1.27 bits per heavy atom. The molecular formula is C19H22O3. The van der Waals surface area contributed by atoms with E-state index in [9.17, 15) is 5.11 Å². The quantitative estimate of drug-likeness (QED) is 0.822. The number of methoxy groups -OCH3 is 2. The number of rotatable bonds is 6. The van der Waals surface area contributed by atoms with Gasteiger partial charge in [0.05, 0.1) is 14.2 Å². The summed E-state index contributed by atoms with van der Waals surface area (Å²) in [4.78, 5) is 0. The minimum Gasteiger partial charge on any atom is -0.497 e. The van der Waals surface area contributed by atoms with E-state index in [1.807, 2.05) is 55.5 Å². The first-order chi connectivity index (χ1) is 10.6. The fourth-order valence-corrected chi connectivity index (χ4v) is 2.50. The predicted octanol–water partition coefficient (Wildman–Crippen LogP) is 3.91. The van der Waals surface area contributed by atoms with Crippen LogP contribution >= 0.6 is 0 Å². The molecule has 0 bridgehead atoms. The Hall–Kier alpha value is -2.26. The van der Waals surface area contributed by atoms with Crippen molar-refractivity contribution in [3.63, 3.8) is 0 Å². The average molecular weight is 298 g/mol. The first-order valence-corrected chi connectivity index (χ1v) is 7.26. The fraction of sp³-hybridized carbons (Fsp3) is 0.263. The molecule has 0 fully saturated rings. The van der Waals surface area contributed by atoms with Gasteiger partial charge in [0.2, 0.25) is 0 Å². The summed E-state index contributed by atoms with van der Waals surface area (Å²) in [5.74, 6) is 1.51. The van der Waals surface area contributed by atoms with Crippen molar-refractivity contribution >= 4 is 0 Å². The summed E-state index contributed by atoms with van der Waals surface area (Å²) in [6, 6.07) is 14.8. The molecule has 0 spiro atoms. The van der Waals surface area contributed by atoms with Gasteiger partial charge in [0.1, 0.15) is 17.1 Å². The van der Waals surface area contributed by atoms with E-state index in [2.05, 4.69) is 6.58 Å². The lowest BCUT2D eigenvalue weighted by molar-refractivity contribution is 0.118. The van der Waals surface area contributed by atoms with Gasteiger partial charge >= 0.3 is 0 Å². The van der Waals surface area contributed by atoms with E-state index in [-0.39, 0.29) is 0 Å². The van der Waals surface area contributed by atoms with Crippen molar-refractivity contribution in [3.8, 4) is 11.5 Å². The van der Waals surface area contributed by atoms with Crippen LogP contribution < -0.4 is 9.47 Å². The highest BCUT2D eigenvalue weighted by atomic mass is 16.5. The molecule has 0 heterocycles. The summed E-state index contributed by atoms with van der Waals surface area (Å²) in [6.07, 6.45) is 0.675. The summed E-state index contributed by atoms with van der Waals surface area (Å²) >= 11 is 0. The molecule has 2 aromatic carbocycles. The highest BCUT2D eigenvalue weighted by molar-refractivity contribution is 5.47. The zero-order valence-electron chi connectivity index (χ0n) is 13.3. The normalized spacial score (nSPS) is 11.1. The van der Waals surface area contributed by atoms with Crippen LogP contribution in [0, 0.1) is 0 Å². The SMILES string of the molecule is C=C(CC)C(O)(c1ccc(OC)cc1)c1ccc(OC)cc1. The molecule has 22 heavy (non-hydrogen) atoms. The van der Waals surface area contributed by atoms with Gasteiger partial charge in [-0.25, -0.2) is 0 Å². The Kier molecular flexibility index (Phi) is 4.88. The fourth-order valence-electron chi connectivity index (χ4n) is 2.50. The van der Waals surface area contributed by atoms with E-state index in [0.717, 1.165) is 28.2 Å². The number of aliphatic hydroxyl groups is 1. The largest absolute Gasteiger partial charge is 0.497 e. The van der Waals surface area contributed by atoms with Gasteiger partial charge in [-0.15, -0.1) is 0 Å². The molecule has 0 saturated heterocycles. The maximum atomic E-state index is 11.4. The number of hydrogen-bond acceptors (Lipinski definition) is 3. The van der Waals surface area contributed by atoms with Gasteiger partial charge < -0.3 is 14.6 Å². The molecule has 3 heteroatoms. The number of benzene rings is 2. The van der Waals surface area contributed by atoms with Crippen molar-refractivity contribution < 1.29 is 14.6 Å². The van der Waals surface area contributed by atoms with E-state index in [0.29, 0.717) is 6.42 Å². The summed E-state index contributed by atoms with van der Waals surface area (Å²) in [6.45, 7) is 6.06. The highest BCUT2D eigenvalue weighted by Gasteiger charge is 2.33. The van der Waals surface area contributed by atoms with Crippen LogP contribution in [-0.4, -0.2) is 19.3 Å². The Morgan fingerprint density at radius 1 is 0.909 bits per heavy atom. The second-order valence-electron chi connectivity index (χ2n) is 5.12. The van der Waals surface area contributed by atoms with Crippen molar-refractivity contribution in [3.05, 3.63) is 71.8 Å². The van der Waals surface area contributed by atoms with Gasteiger partial charge in [0.25, 0.3) is 0 Å². The van der Waals surface area contributed by atoms with Crippen LogP contribution in [0.15, 0.2) is 60.7 Å². The van der Waals surface area contributed by atoms with Gasteiger partial charge in [-0.1, -0.05) is 37.8 Å². The second-order valence-corrected chi connectivity index (χ2v) is 5.12. The maximum absolute atomic E-state index is 11.4. The maximum Gasteiger partial charge on any atom is 0.136 e. The minimum atomic E-state index is -1.23. The zero-order chi connectivity index (χ0) is 16.2. The topological polar surface area (TPSA) is 38.7 Å². The van der Waals surface area contributed by atoms with Crippen molar-refractivity contribution in [1.29, 1.82) is 0 Å². The lowest BCUT2D eigenvalue weighted by atomic mass is 9.79. The molecule has 116 valence electrons. The third kappa shape index (κ3) is 2.85. The van der Waals surface area contributed by atoms with Crippen molar-refractivity contribution in [1.82, 2.24) is 0 Å². The Balaban J connectivity index is 2.52. The average Bonchev–Trinajstić information content (AvgIpc) is 2.60. The van der Waals surface area contributed by atoms with Crippen LogP contribution in [0.1, 0.15) is 24.5 Å². The standard InChI is InChI=1S/C19H22O3/c1-5-14(2)19(20,15-6-10-17(21-3)11-7-15)16-8-12-18(22-4)13-9-16/h6-13,20H,2,5H2,1,3-4H3. The molecular weight excluding hydrogens is 276 g/mol. The molecule has 0 radical (unpaired) electrons. The van der Waals surface area contributed by atoms with Crippen molar-refractivity contribution in [2.75, 3.05) is 14.2 Å². The molecule has 0 amide bonds. The first-order valence-electron chi connectivity index (χ1n) is 7.26. The Labute approximate surface area is 131 Å². The van der Waals surface area contributed by atoms with Crippen LogP contribution in [0.4, 0.5) is 0 Å². The summed E-state index contributed by atoms with van der Waals surface area (Å²) < 4.78 is 10.4. The molecule has 1 N–H and O–H groups in total. The minimum absolute atomic E-state index is 0.675. The molecule has 2 aromatic rings. The lowest BCUT2D eigenvalue weighted by Gasteiger charge is -2.31. The summed E-state index contributed by atoms with van der Waals surface area (Å²) in [5.41, 5.74) is 1.05. The first kappa shape index (κ1) is 16.1. The van der Waals surface area contributed by atoms with Gasteiger partial charge in [0, 0.05) is 0 Å². The third-order valence-corrected chi connectivity index (χ3v) is 3.95. The van der Waals surface area contributed by atoms with E-state index < -0.39 is 5.60 Å². The highest BCUT2D eigenvalue weighted by Crippen LogP contribution is 2.38. The van der Waals surface area contributed by atoms with Crippen LogP contribution in [0.5, 0.6) is 11.5 Å². The van der Waals surface area contributed by atoms with Crippen molar-refractivity contribution in [2.24, 2.45) is 0 Å². The lowest BCUT2D eigenvalue weighted by Crippen LogP contribution is -2.29. The van der Waals surface area contributed by atoms with E-state index in [1.165, 1.54) is 0 Å². The molecule has 0 aliphatic carbocycles. The summed E-state index contributed by atoms with van der Waals surface area (Å²) in [7, 11) is 3.24. The monoisotopic (exact) mass is 298 g/mol. The molecule has 2 rings (SSSR count). The molecule has 0 aromatic heterocycles. The van der Waals surface area contributed by atoms with Gasteiger partial charge in [-0.3, -0.25) is 0 Å². The molecule has 0 atom stereocenters. The Morgan fingerprint density at radius 3 is 1.55 bits per heavy atom. The van der Waals surface area contributed by atoms with Crippen LogP contribution in [-0.2, 0) is 5.60 Å². The summed E-state index contributed by atoms with van der Waals surface area (Å²) in [5, 5.41) is 11.4. The van der Waals surface area contributed by atoms with Gasteiger partial charge in [0.15, 0.2) is 0 Å². The van der Waals surface area contributed by atoms with Gasteiger partial charge in [-0.05, 0) is 47.4 Å². The van der Waals surface area contributed by atoms with E-state index in [1.54, 1.807) is 14.2 Å². The smallest absolute Gasteiger partial charge is 0.136 e. The molecule has 0 aliphatic rings. The van der Waals surface area contributed by atoms with Gasteiger partial charge in [-0.2, -0.15) is 0 Å². The predicted molar refractivity (Wildman–Crippen MR) is 88.4 cm³/mol. The second kappa shape index (κ2) is 6.67. The van der Waals surface area contributed by atoms with Crippen molar-refractivity contribution in [2.45, 2.75) is 18.9 Å². The van der Waals surface area contributed by atoms with Crippen LogP contribution in [0.3, 0.4) is 0 Å². The zero-order valence-corrected chi connectivity index (χ0v) is 13.3. The Bertz CT molecular complexity index is 579. The van der Waals surface area contributed by atoms with Crippen LogP contribution in [0.25, 0.3) is 0 Å².